The molecular formula is C27H24N2O5. The smallest absolute Gasteiger partial charge is 0.357 e. The molecule has 7 nitrogen and oxygen atoms in total. The lowest BCUT2D eigenvalue weighted by atomic mass is 10.0. The first-order valence-corrected chi connectivity index (χ1v) is 10.7. The van der Waals surface area contributed by atoms with Crippen LogP contribution in [0.1, 0.15) is 32.0 Å². The molecule has 0 N–H and O–H groups in total. The number of methoxy groups -OCH3 is 2. The highest BCUT2D eigenvalue weighted by Crippen LogP contribution is 2.33. The summed E-state index contributed by atoms with van der Waals surface area (Å²) in [6.07, 6.45) is 0. The third-order valence-electron chi connectivity index (χ3n) is 5.36. The van der Waals surface area contributed by atoms with Crippen LogP contribution in [0.2, 0.25) is 0 Å². The maximum absolute atomic E-state index is 12.8. The molecule has 0 unspecified atom stereocenters. The second kappa shape index (κ2) is 10.0. The topological polar surface area (TPSA) is 79.7 Å². The van der Waals surface area contributed by atoms with Gasteiger partial charge in [0.1, 0.15) is 23.6 Å². The molecular weight excluding hydrogens is 432 g/mol. The Hall–Kier alpha value is -4.39. The summed E-state index contributed by atoms with van der Waals surface area (Å²) in [6, 6.07) is 24.4. The van der Waals surface area contributed by atoms with Crippen molar-refractivity contribution in [1.29, 1.82) is 0 Å². The van der Waals surface area contributed by atoms with E-state index in [0.717, 1.165) is 11.1 Å². The van der Waals surface area contributed by atoms with Crippen LogP contribution in [0.4, 0.5) is 0 Å². The number of benzene rings is 3. The van der Waals surface area contributed by atoms with Crippen molar-refractivity contribution in [3.8, 4) is 22.7 Å². The van der Waals surface area contributed by atoms with E-state index in [1.807, 2.05) is 73.7 Å². The third kappa shape index (κ3) is 4.54. The highest BCUT2D eigenvalue weighted by atomic mass is 16.5. The Kier molecular flexibility index (Phi) is 6.73. The average Bonchev–Trinajstić information content (AvgIpc) is 3.28. The average molecular weight is 456 g/mol. The van der Waals surface area contributed by atoms with E-state index < -0.39 is 11.9 Å². The fourth-order valence-corrected chi connectivity index (χ4v) is 3.68. The quantitative estimate of drug-likeness (QED) is 0.364. The van der Waals surface area contributed by atoms with Crippen molar-refractivity contribution in [2.45, 2.75) is 13.5 Å². The van der Waals surface area contributed by atoms with Gasteiger partial charge in [0.15, 0.2) is 5.69 Å². The van der Waals surface area contributed by atoms with Crippen LogP contribution in [0, 0.1) is 6.92 Å². The minimum Gasteiger partial charge on any atom is -0.489 e. The Morgan fingerprint density at radius 3 is 2.12 bits per heavy atom. The lowest BCUT2D eigenvalue weighted by molar-refractivity contribution is 0.0549. The molecule has 0 fully saturated rings. The molecule has 172 valence electrons. The zero-order valence-corrected chi connectivity index (χ0v) is 19.1. The number of ether oxygens (including phenoxy) is 3. The van der Waals surface area contributed by atoms with Crippen LogP contribution < -0.4 is 4.74 Å². The summed E-state index contributed by atoms with van der Waals surface area (Å²) in [6.45, 7) is 2.33. The summed E-state index contributed by atoms with van der Waals surface area (Å²) >= 11 is 0. The summed E-state index contributed by atoms with van der Waals surface area (Å²) in [5.41, 5.74) is 3.53. The molecule has 3 aromatic carbocycles. The molecule has 0 bridgehead atoms. The van der Waals surface area contributed by atoms with Gasteiger partial charge in [0, 0.05) is 5.56 Å². The van der Waals surface area contributed by atoms with E-state index in [0.29, 0.717) is 29.3 Å². The molecule has 34 heavy (non-hydrogen) atoms. The fourth-order valence-electron chi connectivity index (χ4n) is 3.68. The number of carbonyl (C=O) groups is 2. The van der Waals surface area contributed by atoms with Gasteiger partial charge in [0.05, 0.1) is 19.9 Å². The highest BCUT2D eigenvalue weighted by Gasteiger charge is 2.31. The van der Waals surface area contributed by atoms with Crippen LogP contribution >= 0.6 is 0 Å². The predicted molar refractivity (Wildman–Crippen MR) is 127 cm³/mol. The standard InChI is InChI=1S/C27H24N2O5/c1-18-16-21(34-17-19-10-6-4-7-11-19)14-15-22(18)24-23(26(30)32-2)25(27(31)33-3)29(28-24)20-12-8-5-9-13-20/h4-16H,17H2,1-3H3. The SMILES string of the molecule is COC(=O)c1c(-c2ccc(OCc3ccccc3)cc2C)nn(-c2ccccc2)c1C(=O)OC. The molecule has 1 heterocycles. The maximum Gasteiger partial charge on any atom is 0.357 e. The van der Waals surface area contributed by atoms with E-state index >= 15 is 0 Å². The zero-order valence-electron chi connectivity index (χ0n) is 19.1. The number of carbonyl (C=O) groups excluding carboxylic acids is 2. The zero-order chi connectivity index (χ0) is 24.1. The largest absolute Gasteiger partial charge is 0.489 e. The summed E-state index contributed by atoms with van der Waals surface area (Å²) in [4.78, 5) is 25.6. The molecule has 0 saturated heterocycles. The van der Waals surface area contributed by atoms with Crippen molar-refractivity contribution in [1.82, 2.24) is 9.78 Å². The van der Waals surface area contributed by atoms with Gasteiger partial charge in [-0.05, 0) is 48.4 Å². The molecule has 0 aliphatic heterocycles. The van der Waals surface area contributed by atoms with Gasteiger partial charge in [0.2, 0.25) is 0 Å². The van der Waals surface area contributed by atoms with Gasteiger partial charge >= 0.3 is 11.9 Å². The van der Waals surface area contributed by atoms with Crippen molar-refractivity contribution in [3.63, 3.8) is 0 Å². The lowest BCUT2D eigenvalue weighted by Gasteiger charge is -2.10. The minimum absolute atomic E-state index is 0.000598. The summed E-state index contributed by atoms with van der Waals surface area (Å²) < 4.78 is 17.3. The Morgan fingerprint density at radius 2 is 1.50 bits per heavy atom. The van der Waals surface area contributed by atoms with Crippen LogP contribution in [-0.4, -0.2) is 35.9 Å². The van der Waals surface area contributed by atoms with Crippen LogP contribution in [-0.2, 0) is 16.1 Å². The van der Waals surface area contributed by atoms with Crippen LogP contribution in [0.15, 0.2) is 78.9 Å². The van der Waals surface area contributed by atoms with Crippen molar-refractivity contribution >= 4 is 11.9 Å². The minimum atomic E-state index is -0.691. The number of nitrogens with zero attached hydrogens (tertiary/aromatic N) is 2. The van der Waals surface area contributed by atoms with E-state index in [9.17, 15) is 9.59 Å². The highest BCUT2D eigenvalue weighted by molar-refractivity contribution is 6.07. The molecule has 7 heteroatoms. The first-order valence-electron chi connectivity index (χ1n) is 10.7. The Labute approximate surface area is 197 Å². The number of esters is 2. The van der Waals surface area contributed by atoms with Gasteiger partial charge < -0.3 is 14.2 Å². The number of aromatic nitrogens is 2. The van der Waals surface area contributed by atoms with Crippen molar-refractivity contribution < 1.29 is 23.8 Å². The van der Waals surface area contributed by atoms with Crippen molar-refractivity contribution in [3.05, 3.63) is 101 Å². The summed E-state index contributed by atoms with van der Waals surface area (Å²) in [7, 11) is 2.52. The molecule has 0 amide bonds. The number of aryl methyl sites for hydroxylation is 1. The van der Waals surface area contributed by atoms with E-state index in [2.05, 4.69) is 5.10 Å². The molecule has 4 aromatic rings. The molecule has 0 spiro atoms. The second-order valence-electron chi connectivity index (χ2n) is 7.55. The van der Waals surface area contributed by atoms with E-state index in [1.54, 1.807) is 12.1 Å². The van der Waals surface area contributed by atoms with Gasteiger partial charge in [-0.3, -0.25) is 0 Å². The van der Waals surface area contributed by atoms with Crippen LogP contribution in [0.25, 0.3) is 16.9 Å². The van der Waals surface area contributed by atoms with Crippen LogP contribution in [0.3, 0.4) is 0 Å². The molecule has 1 aromatic heterocycles. The Bertz CT molecular complexity index is 1310. The van der Waals surface area contributed by atoms with Gasteiger partial charge in [-0.1, -0.05) is 48.5 Å². The van der Waals surface area contributed by atoms with Crippen molar-refractivity contribution in [2.24, 2.45) is 0 Å². The first kappa shape index (κ1) is 22.8. The van der Waals surface area contributed by atoms with Crippen LogP contribution in [0.5, 0.6) is 5.75 Å². The third-order valence-corrected chi connectivity index (χ3v) is 5.36. The molecule has 0 aliphatic carbocycles. The van der Waals surface area contributed by atoms with E-state index in [1.165, 1.54) is 18.9 Å². The number of hydrogen-bond acceptors (Lipinski definition) is 6. The maximum atomic E-state index is 12.8. The number of para-hydroxylation sites is 1. The molecule has 0 atom stereocenters. The molecule has 0 aliphatic rings. The fraction of sp³-hybridized carbons (Fsp3) is 0.148. The van der Waals surface area contributed by atoms with Gasteiger partial charge in [-0.25, -0.2) is 14.3 Å². The Balaban J connectivity index is 1.79. The molecule has 0 saturated carbocycles. The second-order valence-corrected chi connectivity index (χ2v) is 7.55. The van der Waals surface area contributed by atoms with E-state index in [4.69, 9.17) is 14.2 Å². The number of hydrogen-bond donors (Lipinski definition) is 0. The van der Waals surface area contributed by atoms with Gasteiger partial charge in [0.25, 0.3) is 0 Å². The monoisotopic (exact) mass is 456 g/mol. The lowest BCUT2D eigenvalue weighted by Crippen LogP contribution is -2.15. The van der Waals surface area contributed by atoms with E-state index in [-0.39, 0.29) is 11.3 Å². The summed E-state index contributed by atoms with van der Waals surface area (Å²) in [5.74, 6) is -0.690. The normalized spacial score (nSPS) is 10.6. The van der Waals surface area contributed by atoms with Gasteiger partial charge in [-0.15, -0.1) is 0 Å². The first-order chi connectivity index (χ1) is 16.5. The number of rotatable bonds is 7. The van der Waals surface area contributed by atoms with Gasteiger partial charge in [-0.2, -0.15) is 5.10 Å². The summed E-state index contributed by atoms with van der Waals surface area (Å²) in [5, 5.41) is 4.65. The van der Waals surface area contributed by atoms with Crippen molar-refractivity contribution in [2.75, 3.05) is 14.2 Å². The molecule has 0 radical (unpaired) electrons. The predicted octanol–water partition coefficient (Wildman–Crippen LogP) is 5.00. The Morgan fingerprint density at radius 1 is 0.853 bits per heavy atom. The molecule has 4 rings (SSSR count).